The van der Waals surface area contributed by atoms with Gasteiger partial charge in [-0.05, 0) is 65.8 Å². The number of pyridine rings is 2. The Balaban J connectivity index is 1.07. The fourth-order valence-electron chi connectivity index (χ4n) is 4.88. The summed E-state index contributed by atoms with van der Waals surface area (Å²) >= 11 is 0. The molecule has 230 valence electrons. The zero-order chi connectivity index (χ0) is 31.4. The standard InChI is InChI=1S/C35H43N10/c1-40(2)33-16-12-30(13-17-33)36-38-32-10-7-20-42(28-32)21-8-22-43-26-27-44(29-43)23-9-25-45-24-6-5-11-35(45)39-37-31-14-18-34(19-15-31)41(3)4/h5-7,10-20,24,26-29H,8-9,21-23,25H2,1-4H3/q+3/b38-36+. The fourth-order valence-corrected chi connectivity index (χ4v) is 4.88. The number of benzene rings is 2. The average Bonchev–Trinajstić information content (AvgIpc) is 3.51. The van der Waals surface area contributed by atoms with E-state index >= 15 is 0 Å². The van der Waals surface area contributed by atoms with Crippen LogP contribution in [0.1, 0.15) is 12.8 Å². The largest absolute Gasteiger partial charge is 0.378 e. The molecule has 5 rings (SSSR count). The second-order valence-corrected chi connectivity index (χ2v) is 11.4. The summed E-state index contributed by atoms with van der Waals surface area (Å²) in [6.45, 7) is 3.63. The van der Waals surface area contributed by atoms with Crippen LogP contribution in [0.3, 0.4) is 0 Å². The third-order valence-electron chi connectivity index (χ3n) is 7.43. The molecule has 0 bridgehead atoms. The molecular weight excluding hydrogens is 560 g/mol. The van der Waals surface area contributed by atoms with Gasteiger partial charge in [0.2, 0.25) is 6.33 Å². The van der Waals surface area contributed by atoms with E-state index in [1.54, 1.807) is 0 Å². The lowest BCUT2D eigenvalue weighted by Crippen LogP contribution is -2.37. The summed E-state index contributed by atoms with van der Waals surface area (Å²) in [4.78, 5) is 4.14. The Labute approximate surface area is 265 Å². The van der Waals surface area contributed by atoms with Crippen LogP contribution in [0.25, 0.3) is 0 Å². The van der Waals surface area contributed by atoms with Crippen LogP contribution >= 0.6 is 0 Å². The number of rotatable bonds is 14. The van der Waals surface area contributed by atoms with Crippen LogP contribution in [-0.4, -0.2) is 32.8 Å². The normalized spacial score (nSPS) is 11.5. The van der Waals surface area contributed by atoms with E-state index in [2.05, 4.69) is 91.8 Å². The minimum absolute atomic E-state index is 0.839. The van der Waals surface area contributed by atoms with Gasteiger partial charge in [0.1, 0.15) is 23.8 Å². The molecule has 0 saturated carbocycles. The molecule has 0 fully saturated rings. The van der Waals surface area contributed by atoms with E-state index in [0.717, 1.165) is 73.3 Å². The number of aromatic nitrogens is 4. The number of aryl methyl sites for hydroxylation is 4. The van der Waals surface area contributed by atoms with Gasteiger partial charge in [0.25, 0.3) is 0 Å². The summed E-state index contributed by atoms with van der Waals surface area (Å²) in [5.41, 5.74) is 4.80. The highest BCUT2D eigenvalue weighted by Crippen LogP contribution is 2.21. The molecule has 3 heterocycles. The third kappa shape index (κ3) is 9.37. The van der Waals surface area contributed by atoms with Crippen molar-refractivity contribution in [2.75, 3.05) is 38.0 Å². The number of hydrogen-bond donors (Lipinski definition) is 0. The minimum Gasteiger partial charge on any atom is -0.378 e. The van der Waals surface area contributed by atoms with Crippen LogP contribution in [0.4, 0.5) is 34.3 Å². The molecule has 0 N–H and O–H groups in total. The predicted octanol–water partition coefficient (Wildman–Crippen LogP) is 6.49. The summed E-state index contributed by atoms with van der Waals surface area (Å²) in [6.07, 6.45) is 14.7. The SMILES string of the molecule is CN(C)c1ccc(/N=N/c2ccc[n+](CCC[n+]3ccn(CCC[n+]4ccccc4/N=N/c4ccc(N(C)C)cc4)c3)c2)cc1. The number of azo groups is 2. The molecule has 0 aliphatic rings. The van der Waals surface area contributed by atoms with Crippen molar-refractivity contribution in [2.45, 2.75) is 39.0 Å². The molecule has 0 atom stereocenters. The van der Waals surface area contributed by atoms with Crippen molar-refractivity contribution in [3.63, 3.8) is 0 Å². The van der Waals surface area contributed by atoms with Crippen LogP contribution < -0.4 is 23.5 Å². The van der Waals surface area contributed by atoms with Crippen molar-refractivity contribution < 1.29 is 13.7 Å². The van der Waals surface area contributed by atoms with Crippen LogP contribution in [0, 0.1) is 0 Å². The van der Waals surface area contributed by atoms with Gasteiger partial charge in [-0.3, -0.25) is 0 Å². The van der Waals surface area contributed by atoms with E-state index in [4.69, 9.17) is 0 Å². The van der Waals surface area contributed by atoms with Crippen LogP contribution in [0.15, 0.2) is 137 Å². The monoisotopic (exact) mass is 603 g/mol. The number of hydrogen-bond acceptors (Lipinski definition) is 6. The Bertz CT molecular complexity index is 1700. The number of anilines is 2. The molecule has 0 aliphatic carbocycles. The Morgan fingerprint density at radius 2 is 1.22 bits per heavy atom. The Morgan fingerprint density at radius 3 is 1.91 bits per heavy atom. The lowest BCUT2D eigenvalue weighted by atomic mass is 10.3. The molecule has 2 aromatic carbocycles. The smallest absolute Gasteiger partial charge is 0.350 e. The van der Waals surface area contributed by atoms with Gasteiger partial charge in [-0.25, -0.2) is 18.3 Å². The quantitative estimate of drug-likeness (QED) is 0.107. The number of imidazole rings is 1. The van der Waals surface area contributed by atoms with Gasteiger partial charge in [-0.1, -0.05) is 6.07 Å². The molecule has 0 radical (unpaired) electrons. The zero-order valence-corrected chi connectivity index (χ0v) is 26.7. The summed E-state index contributed by atoms with van der Waals surface area (Å²) in [7, 11) is 8.11. The first-order valence-electron chi connectivity index (χ1n) is 15.3. The Morgan fingerprint density at radius 1 is 0.578 bits per heavy atom. The van der Waals surface area contributed by atoms with Gasteiger partial charge in [-0.2, -0.15) is 5.11 Å². The maximum Gasteiger partial charge on any atom is 0.350 e. The van der Waals surface area contributed by atoms with Crippen LogP contribution in [-0.2, 0) is 26.2 Å². The van der Waals surface area contributed by atoms with Gasteiger partial charge in [0, 0.05) is 64.5 Å². The summed E-state index contributed by atoms with van der Waals surface area (Å²) in [6, 6.07) is 26.2. The molecule has 0 saturated heterocycles. The first-order chi connectivity index (χ1) is 21.9. The van der Waals surface area contributed by atoms with Crippen molar-refractivity contribution >= 4 is 34.3 Å². The Kier molecular flexibility index (Phi) is 10.7. The topological polar surface area (TPSA) is 72.5 Å². The second-order valence-electron chi connectivity index (χ2n) is 11.4. The molecule has 0 aliphatic heterocycles. The molecule has 5 aromatic rings. The molecule has 3 aromatic heterocycles. The van der Waals surface area contributed by atoms with Crippen molar-refractivity contribution in [1.82, 2.24) is 4.57 Å². The van der Waals surface area contributed by atoms with E-state index in [0.29, 0.717) is 0 Å². The molecule has 0 amide bonds. The highest BCUT2D eigenvalue weighted by atomic mass is 15.2. The van der Waals surface area contributed by atoms with Gasteiger partial charge in [-0.15, -0.1) is 5.11 Å². The highest BCUT2D eigenvalue weighted by Gasteiger charge is 2.11. The fraction of sp³-hybridized carbons (Fsp3) is 0.286. The highest BCUT2D eigenvalue weighted by molar-refractivity contribution is 5.52. The molecule has 10 nitrogen and oxygen atoms in total. The molecule has 0 spiro atoms. The third-order valence-corrected chi connectivity index (χ3v) is 7.43. The summed E-state index contributed by atoms with van der Waals surface area (Å²) < 4.78 is 8.82. The number of nitrogens with zero attached hydrogens (tertiary/aromatic N) is 10. The van der Waals surface area contributed by atoms with Crippen LogP contribution in [0.2, 0.25) is 0 Å². The minimum atomic E-state index is 0.839. The van der Waals surface area contributed by atoms with Crippen molar-refractivity contribution in [3.8, 4) is 0 Å². The van der Waals surface area contributed by atoms with E-state index in [1.165, 1.54) is 0 Å². The van der Waals surface area contributed by atoms with Crippen molar-refractivity contribution in [3.05, 3.63) is 116 Å². The first kappa shape index (κ1) is 31.2. The maximum absolute atomic E-state index is 4.53. The van der Waals surface area contributed by atoms with E-state index in [-0.39, 0.29) is 0 Å². The molecule has 0 unspecified atom stereocenters. The summed E-state index contributed by atoms with van der Waals surface area (Å²) in [5, 5.41) is 17.8. The first-order valence-corrected chi connectivity index (χ1v) is 15.3. The van der Waals surface area contributed by atoms with Gasteiger partial charge >= 0.3 is 5.82 Å². The average molecular weight is 604 g/mol. The van der Waals surface area contributed by atoms with Crippen LogP contribution in [0.5, 0.6) is 0 Å². The van der Waals surface area contributed by atoms with E-state index in [1.807, 2.05) is 101 Å². The van der Waals surface area contributed by atoms with Crippen molar-refractivity contribution in [2.24, 2.45) is 20.5 Å². The lowest BCUT2D eigenvalue weighted by molar-refractivity contribution is -0.726. The molecule has 10 heteroatoms. The zero-order valence-electron chi connectivity index (χ0n) is 26.7. The van der Waals surface area contributed by atoms with E-state index < -0.39 is 0 Å². The maximum atomic E-state index is 4.53. The van der Waals surface area contributed by atoms with E-state index in [9.17, 15) is 0 Å². The lowest BCUT2D eigenvalue weighted by Gasteiger charge is -2.11. The van der Waals surface area contributed by atoms with Gasteiger partial charge in [0.05, 0.1) is 36.6 Å². The van der Waals surface area contributed by atoms with Gasteiger partial charge < -0.3 is 9.80 Å². The Hall–Kier alpha value is -5.25. The predicted molar refractivity (Wildman–Crippen MR) is 177 cm³/mol. The summed E-state index contributed by atoms with van der Waals surface area (Å²) in [5.74, 6) is 0.846. The van der Waals surface area contributed by atoms with Gasteiger partial charge in [0.15, 0.2) is 18.9 Å². The second kappa shape index (κ2) is 15.5. The molecular formula is C35H43N10+3. The molecule has 45 heavy (non-hydrogen) atoms. The van der Waals surface area contributed by atoms with Crippen molar-refractivity contribution in [1.29, 1.82) is 0 Å².